The van der Waals surface area contributed by atoms with E-state index < -0.39 is 10.8 Å². The molecule has 0 radical (unpaired) electrons. The quantitative estimate of drug-likeness (QED) is 0.394. The second-order valence-corrected chi connectivity index (χ2v) is 10.4. The highest BCUT2D eigenvalue weighted by molar-refractivity contribution is 9.10. The van der Waals surface area contributed by atoms with Gasteiger partial charge < -0.3 is 14.2 Å². The van der Waals surface area contributed by atoms with Crippen molar-refractivity contribution in [3.63, 3.8) is 0 Å². The van der Waals surface area contributed by atoms with Crippen molar-refractivity contribution in [2.24, 2.45) is 0 Å². The van der Waals surface area contributed by atoms with Crippen LogP contribution < -0.4 is 14.2 Å². The van der Waals surface area contributed by atoms with Crippen LogP contribution >= 0.6 is 15.9 Å². The molecule has 3 aromatic carbocycles. The van der Waals surface area contributed by atoms with Gasteiger partial charge >= 0.3 is 0 Å². The normalized spacial score (nSPS) is 15.6. The Hall–Kier alpha value is -2.57. The fraction of sp³-hybridized carbons (Fsp3) is 0.200. The van der Waals surface area contributed by atoms with E-state index in [1.807, 2.05) is 81.4 Å². The summed E-state index contributed by atoms with van der Waals surface area (Å²) in [4.78, 5) is 1.32. The summed E-state index contributed by atoms with van der Waals surface area (Å²) in [7, 11) is 0.207. The summed E-state index contributed by atoms with van der Waals surface area (Å²) < 4.78 is 31.9. The van der Waals surface area contributed by atoms with Gasteiger partial charge in [-0.1, -0.05) is 28.1 Å². The number of methoxy groups -OCH3 is 1. The molecule has 4 nitrogen and oxygen atoms in total. The summed E-state index contributed by atoms with van der Waals surface area (Å²) in [5.41, 5.74) is 1.37. The lowest BCUT2D eigenvalue weighted by molar-refractivity contribution is 0.131. The van der Waals surface area contributed by atoms with E-state index >= 15 is 0 Å². The summed E-state index contributed by atoms with van der Waals surface area (Å²) in [6.45, 7) is 6.02. The molecular weight excluding hydrogens is 476 g/mol. The van der Waals surface area contributed by atoms with Crippen molar-refractivity contribution in [3.05, 3.63) is 82.3 Å². The minimum Gasteiger partial charge on any atom is -0.497 e. The van der Waals surface area contributed by atoms with Crippen molar-refractivity contribution in [1.29, 1.82) is 0 Å². The van der Waals surface area contributed by atoms with Crippen molar-refractivity contribution < 1.29 is 18.4 Å². The van der Waals surface area contributed by atoms with Gasteiger partial charge in [0.15, 0.2) is 5.76 Å². The molecule has 0 bridgehead atoms. The molecule has 1 heterocycles. The lowest BCUT2D eigenvalue weighted by Gasteiger charge is -2.21. The maximum atomic E-state index is 13.4. The highest BCUT2D eigenvalue weighted by Crippen LogP contribution is 2.44. The number of fused-ring (bicyclic) bond motifs is 1. The van der Waals surface area contributed by atoms with E-state index in [4.69, 9.17) is 14.2 Å². The second kappa shape index (κ2) is 8.52. The van der Waals surface area contributed by atoms with Crippen LogP contribution in [0, 0.1) is 0 Å². The monoisotopic (exact) mass is 498 g/mol. The summed E-state index contributed by atoms with van der Waals surface area (Å²) in [5.74, 6) is 2.66. The summed E-state index contributed by atoms with van der Waals surface area (Å²) in [6, 6.07) is 20.8. The number of ether oxygens (including phenoxy) is 3. The van der Waals surface area contributed by atoms with E-state index in [9.17, 15) is 4.21 Å². The van der Waals surface area contributed by atoms with E-state index in [0.29, 0.717) is 27.1 Å². The van der Waals surface area contributed by atoms with Crippen LogP contribution in [-0.4, -0.2) is 16.9 Å². The topological polar surface area (TPSA) is 44.8 Å². The van der Waals surface area contributed by atoms with Crippen LogP contribution in [0.15, 0.2) is 76.1 Å². The summed E-state index contributed by atoms with van der Waals surface area (Å²) in [6.07, 6.45) is 0. The molecule has 0 aliphatic carbocycles. The Morgan fingerprint density at radius 3 is 2.06 bits per heavy atom. The average Bonchev–Trinajstić information content (AvgIpc) is 3.00. The van der Waals surface area contributed by atoms with Gasteiger partial charge in [0.2, 0.25) is 0 Å². The standard InChI is InChI=1S/C25H23BrO4S/c1-25(2,3)30-19-11-9-18(10-12-19)29-23-21-14-13-20(28-4)15-22(21)31(27)24(23)16-5-7-17(26)8-6-16/h5-15H,1-4H3. The minimum atomic E-state index is -1.39. The number of halogens is 1. The third-order valence-corrected chi connectivity index (χ3v) is 6.66. The Morgan fingerprint density at radius 2 is 1.45 bits per heavy atom. The second-order valence-electron chi connectivity index (χ2n) is 8.08. The zero-order chi connectivity index (χ0) is 22.2. The molecule has 160 valence electrons. The molecule has 0 N–H and O–H groups in total. The van der Waals surface area contributed by atoms with Crippen LogP contribution in [0.1, 0.15) is 31.9 Å². The molecule has 0 fully saturated rings. The van der Waals surface area contributed by atoms with E-state index in [-0.39, 0.29) is 5.60 Å². The first kappa shape index (κ1) is 21.7. The molecule has 1 atom stereocenters. The number of rotatable bonds is 5. The van der Waals surface area contributed by atoms with Gasteiger partial charge in [-0.3, -0.25) is 0 Å². The van der Waals surface area contributed by atoms with Crippen LogP contribution in [0.5, 0.6) is 17.2 Å². The summed E-state index contributed by atoms with van der Waals surface area (Å²) in [5, 5.41) is 0. The van der Waals surface area contributed by atoms with Gasteiger partial charge in [-0.05, 0) is 80.9 Å². The Labute approximate surface area is 193 Å². The largest absolute Gasteiger partial charge is 0.497 e. The fourth-order valence-corrected chi connectivity index (χ4v) is 5.01. The molecule has 1 aliphatic rings. The number of benzene rings is 3. The maximum absolute atomic E-state index is 13.4. The Balaban J connectivity index is 1.75. The fourth-order valence-electron chi connectivity index (χ4n) is 3.27. The van der Waals surface area contributed by atoms with Gasteiger partial charge in [0.25, 0.3) is 0 Å². The SMILES string of the molecule is COc1ccc2c(c1)S(=O)C(c1ccc(Br)cc1)=C2Oc1ccc(OC(C)(C)C)cc1. The molecule has 0 spiro atoms. The molecule has 31 heavy (non-hydrogen) atoms. The molecule has 4 rings (SSSR count). The van der Waals surface area contributed by atoms with E-state index in [0.717, 1.165) is 21.3 Å². The van der Waals surface area contributed by atoms with Gasteiger partial charge in [0.1, 0.15) is 22.8 Å². The molecule has 0 saturated heterocycles. The molecule has 1 aliphatic heterocycles. The zero-order valence-corrected chi connectivity index (χ0v) is 20.2. The molecule has 0 aromatic heterocycles. The molecular formula is C25H23BrO4S. The van der Waals surface area contributed by atoms with Gasteiger partial charge in [-0.15, -0.1) is 0 Å². The number of hydrogen-bond acceptors (Lipinski definition) is 4. The summed E-state index contributed by atoms with van der Waals surface area (Å²) >= 11 is 3.46. The van der Waals surface area contributed by atoms with Gasteiger partial charge in [-0.2, -0.15) is 0 Å². The van der Waals surface area contributed by atoms with Crippen LogP contribution in [0.25, 0.3) is 10.7 Å². The van der Waals surface area contributed by atoms with Crippen molar-refractivity contribution in [1.82, 2.24) is 0 Å². The lowest BCUT2D eigenvalue weighted by Crippen LogP contribution is -2.22. The maximum Gasteiger partial charge on any atom is 0.152 e. The van der Waals surface area contributed by atoms with Gasteiger partial charge in [-0.25, -0.2) is 4.21 Å². The van der Waals surface area contributed by atoms with E-state index in [1.54, 1.807) is 13.2 Å². The Bertz CT molecular complexity index is 1160. The smallest absolute Gasteiger partial charge is 0.152 e. The Morgan fingerprint density at radius 1 is 0.839 bits per heavy atom. The first-order valence-corrected chi connectivity index (χ1v) is 11.8. The molecule has 1 unspecified atom stereocenters. The number of hydrogen-bond donors (Lipinski definition) is 0. The predicted octanol–water partition coefficient (Wildman–Crippen LogP) is 6.66. The minimum absolute atomic E-state index is 0.278. The van der Waals surface area contributed by atoms with Crippen molar-refractivity contribution in [3.8, 4) is 17.2 Å². The first-order valence-electron chi connectivity index (χ1n) is 9.82. The zero-order valence-electron chi connectivity index (χ0n) is 17.8. The molecule has 0 saturated carbocycles. The lowest BCUT2D eigenvalue weighted by atomic mass is 10.1. The van der Waals surface area contributed by atoms with Crippen LogP contribution in [0.3, 0.4) is 0 Å². The van der Waals surface area contributed by atoms with Crippen LogP contribution in [0.2, 0.25) is 0 Å². The van der Waals surface area contributed by atoms with E-state index in [2.05, 4.69) is 15.9 Å². The predicted molar refractivity (Wildman–Crippen MR) is 128 cm³/mol. The van der Waals surface area contributed by atoms with Crippen molar-refractivity contribution in [2.75, 3.05) is 7.11 Å². The average molecular weight is 499 g/mol. The van der Waals surface area contributed by atoms with Crippen LogP contribution in [-0.2, 0) is 10.8 Å². The third kappa shape index (κ3) is 4.70. The Kier molecular flexibility index (Phi) is 5.95. The van der Waals surface area contributed by atoms with E-state index in [1.165, 1.54) is 0 Å². The highest BCUT2D eigenvalue weighted by atomic mass is 79.9. The van der Waals surface area contributed by atoms with Gasteiger partial charge in [0.05, 0.1) is 27.7 Å². The first-order chi connectivity index (χ1) is 14.7. The molecule has 0 amide bonds. The highest BCUT2D eigenvalue weighted by Gasteiger charge is 2.32. The third-order valence-electron chi connectivity index (χ3n) is 4.60. The van der Waals surface area contributed by atoms with Crippen LogP contribution in [0.4, 0.5) is 0 Å². The molecule has 6 heteroatoms. The van der Waals surface area contributed by atoms with Crippen molar-refractivity contribution in [2.45, 2.75) is 31.3 Å². The van der Waals surface area contributed by atoms with Gasteiger partial charge in [0, 0.05) is 10.0 Å². The van der Waals surface area contributed by atoms with Crippen molar-refractivity contribution >= 4 is 37.4 Å². The molecule has 3 aromatic rings.